The molecule has 0 fully saturated rings. The molecule has 1 aromatic heterocycles. The molecule has 2 aliphatic rings. The zero-order chi connectivity index (χ0) is 37.6. The highest BCUT2D eigenvalue weighted by Crippen LogP contribution is 2.53. The number of aromatic nitrogens is 2. The number of rotatable bonds is 5. The molecule has 7 aromatic carbocycles. The van der Waals surface area contributed by atoms with E-state index < -0.39 is 5.69 Å². The third kappa shape index (κ3) is 4.79. The smallest absolute Gasteiger partial charge is 0.310 e. The van der Waals surface area contributed by atoms with Gasteiger partial charge >= 0.3 is 5.69 Å². The number of hydrogen-bond donors (Lipinski definition) is 0. The van der Waals surface area contributed by atoms with Gasteiger partial charge in [0, 0.05) is 27.9 Å². The molecule has 0 saturated carbocycles. The fourth-order valence-corrected chi connectivity index (χ4v) is 9.18. The summed E-state index contributed by atoms with van der Waals surface area (Å²) < 4.78 is 2.93. The van der Waals surface area contributed by atoms with Gasteiger partial charge < -0.3 is 4.90 Å². The largest absolute Gasteiger partial charge is 0.340 e. The van der Waals surface area contributed by atoms with Crippen molar-refractivity contribution in [1.82, 2.24) is 9.13 Å². The first-order chi connectivity index (χ1) is 26.6. The summed E-state index contributed by atoms with van der Waals surface area (Å²) in [6.45, 7) is 9.19. The normalized spacial score (nSPS) is 14.3. The maximum Gasteiger partial charge on any atom is 0.340 e. The molecule has 8 aromatic rings. The van der Waals surface area contributed by atoms with Crippen LogP contribution in [0.15, 0.2) is 173 Å². The van der Waals surface area contributed by atoms with Crippen molar-refractivity contribution < 1.29 is 0 Å². The van der Waals surface area contributed by atoms with Crippen LogP contribution >= 0.6 is 0 Å². The van der Waals surface area contributed by atoms with E-state index in [1.165, 1.54) is 49.1 Å². The lowest BCUT2D eigenvalue weighted by Crippen LogP contribution is -2.38. The van der Waals surface area contributed by atoms with Crippen LogP contribution in [0.25, 0.3) is 44.5 Å². The van der Waals surface area contributed by atoms with Crippen LogP contribution in [-0.2, 0) is 10.8 Å². The van der Waals surface area contributed by atoms with Crippen LogP contribution in [0, 0.1) is 0 Å². The first-order valence-corrected chi connectivity index (χ1v) is 18.9. The van der Waals surface area contributed by atoms with Crippen molar-refractivity contribution >= 4 is 28.0 Å². The number of anilines is 3. The third-order valence-electron chi connectivity index (χ3n) is 12.0. The van der Waals surface area contributed by atoms with Crippen molar-refractivity contribution in [3.63, 3.8) is 0 Å². The molecule has 0 bridgehead atoms. The number of fused-ring (bicyclic) bond motifs is 7. The van der Waals surface area contributed by atoms with E-state index in [-0.39, 0.29) is 16.4 Å². The van der Waals surface area contributed by atoms with Crippen LogP contribution in [0.4, 0.5) is 17.1 Å². The van der Waals surface area contributed by atoms with Gasteiger partial charge in [-0.2, -0.15) is 0 Å². The molecule has 0 N–H and O–H groups in total. The second-order valence-corrected chi connectivity index (χ2v) is 15.8. The molecular formula is C50H39N3O2. The van der Waals surface area contributed by atoms with E-state index in [2.05, 4.69) is 118 Å². The van der Waals surface area contributed by atoms with E-state index in [0.717, 1.165) is 17.1 Å². The zero-order valence-corrected chi connectivity index (χ0v) is 31.2. The average Bonchev–Trinajstić information content (AvgIpc) is 3.58. The van der Waals surface area contributed by atoms with Crippen LogP contribution in [0.5, 0.6) is 0 Å². The molecule has 5 nitrogen and oxygen atoms in total. The minimum atomic E-state index is -0.416. The number of benzene rings is 7. The lowest BCUT2D eigenvalue weighted by atomic mass is 9.82. The second-order valence-electron chi connectivity index (χ2n) is 15.8. The highest BCUT2D eigenvalue weighted by atomic mass is 16.2. The van der Waals surface area contributed by atoms with Gasteiger partial charge in [-0.05, 0) is 111 Å². The van der Waals surface area contributed by atoms with Crippen LogP contribution in [0.3, 0.4) is 0 Å². The van der Waals surface area contributed by atoms with Crippen LogP contribution in [0.1, 0.15) is 49.9 Å². The predicted octanol–water partition coefficient (Wildman–Crippen LogP) is 11.2. The SMILES string of the molecule is CC1(C)c2ccccc2-c2ccc(N(c3ccc4c(c3)C(C)(C)c3ccccc3-4)c3ccc4c(c3)c(=O)n(-c3ccccc3)c(=O)n4-c3ccccc3)cc21. The monoisotopic (exact) mass is 713 g/mol. The van der Waals surface area contributed by atoms with E-state index in [9.17, 15) is 9.59 Å². The summed E-state index contributed by atoms with van der Waals surface area (Å²) in [6.07, 6.45) is 0. The van der Waals surface area contributed by atoms with Gasteiger partial charge in [0.15, 0.2) is 0 Å². The average molecular weight is 714 g/mol. The summed E-state index contributed by atoms with van der Waals surface area (Å²) in [5.74, 6) is 0. The highest BCUT2D eigenvalue weighted by Gasteiger charge is 2.37. The summed E-state index contributed by atoms with van der Waals surface area (Å²) in [5.41, 5.74) is 13.6. The molecule has 0 radical (unpaired) electrons. The lowest BCUT2D eigenvalue weighted by molar-refractivity contribution is 0.660. The Morgan fingerprint density at radius 1 is 0.418 bits per heavy atom. The molecule has 5 heteroatoms. The highest BCUT2D eigenvalue weighted by molar-refractivity contribution is 5.91. The Bertz CT molecular complexity index is 2870. The van der Waals surface area contributed by atoms with Crippen LogP contribution in [0.2, 0.25) is 0 Å². The number of hydrogen-bond acceptors (Lipinski definition) is 3. The molecular weight excluding hydrogens is 675 g/mol. The lowest BCUT2D eigenvalue weighted by Gasteiger charge is -2.30. The van der Waals surface area contributed by atoms with Crippen LogP contribution in [-0.4, -0.2) is 9.13 Å². The molecule has 0 spiro atoms. The molecule has 55 heavy (non-hydrogen) atoms. The Labute approximate surface area is 320 Å². The van der Waals surface area contributed by atoms with E-state index in [1.807, 2.05) is 66.7 Å². The zero-order valence-electron chi connectivity index (χ0n) is 31.2. The van der Waals surface area contributed by atoms with Gasteiger partial charge in [-0.3, -0.25) is 9.36 Å². The number of nitrogens with zero attached hydrogens (tertiary/aromatic N) is 3. The quantitative estimate of drug-likeness (QED) is 0.178. The van der Waals surface area contributed by atoms with Gasteiger partial charge in [0.05, 0.1) is 22.3 Å². The maximum absolute atomic E-state index is 14.6. The molecule has 0 amide bonds. The maximum atomic E-state index is 14.6. The Morgan fingerprint density at radius 2 is 0.836 bits per heavy atom. The van der Waals surface area contributed by atoms with Crippen molar-refractivity contribution in [2.24, 2.45) is 0 Å². The summed E-state index contributed by atoms with van der Waals surface area (Å²) in [6, 6.07) is 55.5. The van der Waals surface area contributed by atoms with Crippen molar-refractivity contribution in [3.8, 4) is 33.6 Å². The molecule has 0 saturated heterocycles. The minimum absolute atomic E-state index is 0.201. The van der Waals surface area contributed by atoms with Crippen molar-refractivity contribution in [2.45, 2.75) is 38.5 Å². The van der Waals surface area contributed by atoms with E-state index in [1.54, 1.807) is 16.7 Å². The Morgan fingerprint density at radius 3 is 1.36 bits per heavy atom. The topological polar surface area (TPSA) is 47.2 Å². The first kappa shape index (κ1) is 32.9. The third-order valence-corrected chi connectivity index (χ3v) is 12.0. The molecule has 2 aliphatic carbocycles. The molecule has 1 heterocycles. The molecule has 0 unspecified atom stereocenters. The van der Waals surface area contributed by atoms with Gasteiger partial charge in [-0.15, -0.1) is 0 Å². The standard InChI is InChI=1S/C50H39N3O2/c1-49(2)42-21-13-11-19-37(42)39-26-23-35(30-44(39)49)51(36-24-27-40-38-20-12-14-22-43(38)50(3,4)45(40)31-36)34-25-28-46-41(29-34)47(54)53(33-17-9-6-10-18-33)48(55)52(46)32-15-7-5-8-16-32/h5-31H,1-4H3. The van der Waals surface area contributed by atoms with E-state index >= 15 is 0 Å². The number of para-hydroxylation sites is 2. The van der Waals surface area contributed by atoms with E-state index in [0.29, 0.717) is 22.3 Å². The molecule has 266 valence electrons. The van der Waals surface area contributed by atoms with Crippen LogP contribution < -0.4 is 16.1 Å². The molecule has 0 aliphatic heterocycles. The molecule has 0 atom stereocenters. The summed E-state index contributed by atoms with van der Waals surface area (Å²) in [4.78, 5) is 31.2. The Kier molecular flexibility index (Phi) is 7.11. The molecule has 10 rings (SSSR count). The van der Waals surface area contributed by atoms with Crippen molar-refractivity contribution in [2.75, 3.05) is 4.90 Å². The van der Waals surface area contributed by atoms with Crippen molar-refractivity contribution in [3.05, 3.63) is 207 Å². The Balaban J connectivity index is 1.24. The summed E-state index contributed by atoms with van der Waals surface area (Å²) >= 11 is 0. The first-order valence-electron chi connectivity index (χ1n) is 18.9. The van der Waals surface area contributed by atoms with Gasteiger partial charge in [-0.1, -0.05) is 125 Å². The summed E-state index contributed by atoms with van der Waals surface area (Å²) in [5, 5.41) is 0.442. The van der Waals surface area contributed by atoms with Gasteiger partial charge in [0.1, 0.15) is 0 Å². The van der Waals surface area contributed by atoms with E-state index in [4.69, 9.17) is 0 Å². The second kappa shape index (κ2) is 11.9. The van der Waals surface area contributed by atoms with Gasteiger partial charge in [0.2, 0.25) is 0 Å². The van der Waals surface area contributed by atoms with Gasteiger partial charge in [0.25, 0.3) is 5.56 Å². The predicted molar refractivity (Wildman–Crippen MR) is 225 cm³/mol. The van der Waals surface area contributed by atoms with Crippen molar-refractivity contribution in [1.29, 1.82) is 0 Å². The minimum Gasteiger partial charge on any atom is -0.310 e. The van der Waals surface area contributed by atoms with Gasteiger partial charge in [-0.25, -0.2) is 9.36 Å². The fourth-order valence-electron chi connectivity index (χ4n) is 9.18. The fraction of sp³-hybridized carbons (Fsp3) is 0.120. The Hall–Kier alpha value is -6.72. The summed E-state index contributed by atoms with van der Waals surface area (Å²) in [7, 11) is 0.